The highest BCUT2D eigenvalue weighted by Crippen LogP contribution is 2.60. The number of aliphatic hydroxyl groups is 1. The molecular weight excluding hydrogens is 774 g/mol. The van der Waals surface area contributed by atoms with Crippen LogP contribution in [-0.4, -0.2) is 66.4 Å². The highest BCUT2D eigenvalue weighted by molar-refractivity contribution is 9.10. The van der Waals surface area contributed by atoms with Crippen LogP contribution >= 0.6 is 15.9 Å². The van der Waals surface area contributed by atoms with Crippen molar-refractivity contribution in [1.82, 2.24) is 15.0 Å². The standard InChI is InChI=1S/C43H46BrN5O5Si/c1-28-41(55(3,4)34-17-15-33(53-2)16-18-34)39(20-22-47-26-37(45-46-47)35(27-50)30-8-6-5-7-9-30)54-43(28)36-24-31(44)12-19-38(36)49(42(43)52)25-29-10-13-32(14-11-29)48-23-21-40(48)51/h5-19,24,26,28,35,39,41,50H,20-23,25,27H2,1-4H3/t28-,35?,39+,41-,43+/m1/s1. The molecule has 10 nitrogen and oxygen atoms in total. The summed E-state index contributed by atoms with van der Waals surface area (Å²) >= 11 is 3.72. The Morgan fingerprint density at radius 3 is 2.42 bits per heavy atom. The molecule has 0 saturated carbocycles. The van der Waals surface area contributed by atoms with Crippen LogP contribution in [0.25, 0.3) is 0 Å². The van der Waals surface area contributed by atoms with Crippen molar-refractivity contribution >= 4 is 52.4 Å². The van der Waals surface area contributed by atoms with E-state index < -0.39 is 13.7 Å². The van der Waals surface area contributed by atoms with E-state index in [4.69, 9.17) is 9.47 Å². The van der Waals surface area contributed by atoms with Crippen LogP contribution in [0.4, 0.5) is 11.4 Å². The number of carbonyl (C=O) groups is 2. The van der Waals surface area contributed by atoms with E-state index in [0.29, 0.717) is 31.6 Å². The summed E-state index contributed by atoms with van der Waals surface area (Å²) in [5.74, 6) is 0.448. The molecule has 0 aliphatic carbocycles. The maximum atomic E-state index is 15.2. The van der Waals surface area contributed by atoms with Crippen molar-refractivity contribution in [2.45, 2.75) is 69.1 Å². The Bertz CT molecular complexity index is 2200. The highest BCUT2D eigenvalue weighted by Gasteiger charge is 2.66. The smallest absolute Gasteiger partial charge is 0.264 e. The van der Waals surface area contributed by atoms with E-state index in [2.05, 4.69) is 64.5 Å². The average molecular weight is 821 g/mol. The number of nitrogens with zero attached hydrogens (tertiary/aromatic N) is 5. The molecule has 1 unspecified atom stereocenters. The number of fused-ring (bicyclic) bond motifs is 2. The number of aliphatic hydroxyl groups excluding tert-OH is 1. The molecule has 2 fully saturated rings. The van der Waals surface area contributed by atoms with Crippen molar-refractivity contribution in [2.24, 2.45) is 5.92 Å². The normalized spacial score (nSPS) is 22.6. The molecule has 1 N–H and O–H groups in total. The van der Waals surface area contributed by atoms with Crippen LogP contribution in [0.3, 0.4) is 0 Å². The summed E-state index contributed by atoms with van der Waals surface area (Å²) in [6.45, 7) is 8.54. The molecule has 5 atom stereocenters. The van der Waals surface area contributed by atoms with Crippen LogP contribution in [0.15, 0.2) is 108 Å². The number of hydrogen-bond donors (Lipinski definition) is 1. The number of rotatable bonds is 12. The van der Waals surface area contributed by atoms with Gasteiger partial charge in [-0.25, -0.2) is 0 Å². The first-order valence-corrected chi connectivity index (χ1v) is 22.8. The quantitative estimate of drug-likeness (QED) is 0.109. The zero-order valence-corrected chi connectivity index (χ0v) is 34.1. The van der Waals surface area contributed by atoms with E-state index in [1.54, 1.807) is 12.0 Å². The number of anilines is 2. The molecule has 4 heterocycles. The first-order valence-electron chi connectivity index (χ1n) is 18.9. The Hall–Kier alpha value is -4.62. The van der Waals surface area contributed by atoms with Crippen LogP contribution in [0, 0.1) is 5.92 Å². The van der Waals surface area contributed by atoms with E-state index in [-0.39, 0.29) is 41.9 Å². The van der Waals surface area contributed by atoms with Gasteiger partial charge in [-0.2, -0.15) is 0 Å². The lowest BCUT2D eigenvalue weighted by Gasteiger charge is -2.37. The van der Waals surface area contributed by atoms with Gasteiger partial charge in [-0.15, -0.1) is 5.10 Å². The van der Waals surface area contributed by atoms with Gasteiger partial charge in [0.05, 0.1) is 51.7 Å². The Morgan fingerprint density at radius 2 is 1.76 bits per heavy atom. The zero-order valence-electron chi connectivity index (χ0n) is 31.6. The molecule has 12 heteroatoms. The van der Waals surface area contributed by atoms with Crippen LogP contribution in [-0.2, 0) is 33.0 Å². The number of hydrogen-bond acceptors (Lipinski definition) is 7. The summed E-state index contributed by atoms with van der Waals surface area (Å²) in [5.41, 5.74) is 4.13. The lowest BCUT2D eigenvalue weighted by molar-refractivity contribution is -0.146. The number of benzene rings is 4. The first kappa shape index (κ1) is 37.3. The predicted octanol–water partition coefficient (Wildman–Crippen LogP) is 6.76. The fourth-order valence-electron chi connectivity index (χ4n) is 9.16. The Balaban J connectivity index is 1.13. The van der Waals surface area contributed by atoms with E-state index in [1.807, 2.05) is 94.6 Å². The van der Waals surface area contributed by atoms with Gasteiger partial charge in [-0.3, -0.25) is 14.3 Å². The van der Waals surface area contributed by atoms with Crippen LogP contribution in [0.1, 0.15) is 48.1 Å². The van der Waals surface area contributed by atoms with Crippen molar-refractivity contribution in [3.05, 3.63) is 130 Å². The van der Waals surface area contributed by atoms with Crippen LogP contribution in [0.2, 0.25) is 18.6 Å². The molecule has 8 rings (SSSR count). The minimum atomic E-state index is -2.36. The molecular formula is C43H46BrN5O5Si. The molecule has 4 aromatic carbocycles. The summed E-state index contributed by atoms with van der Waals surface area (Å²) in [6.07, 6.45) is 2.85. The van der Waals surface area contributed by atoms with E-state index in [9.17, 15) is 9.90 Å². The van der Waals surface area contributed by atoms with E-state index in [1.165, 1.54) is 5.19 Å². The van der Waals surface area contributed by atoms with Gasteiger partial charge in [0.25, 0.3) is 5.91 Å². The summed E-state index contributed by atoms with van der Waals surface area (Å²) < 4.78 is 15.6. The minimum Gasteiger partial charge on any atom is -0.497 e. The number of halogens is 1. The SMILES string of the molecule is COc1ccc([Si](C)(C)[C@H]2[C@H](CCn3cc(C(CO)c4ccccc4)nn3)O[C@@]3(C(=O)N(Cc4ccc(N5CCC5=O)cc4)c4ccc(Br)cc43)[C@@H]2C)cc1. The molecule has 1 spiro atoms. The van der Waals surface area contributed by atoms with Crippen molar-refractivity contribution in [2.75, 3.05) is 30.1 Å². The van der Waals surface area contributed by atoms with Gasteiger partial charge in [-0.05, 0) is 65.6 Å². The molecule has 2 saturated heterocycles. The molecule has 55 heavy (non-hydrogen) atoms. The van der Waals surface area contributed by atoms with Gasteiger partial charge in [0.1, 0.15) is 5.75 Å². The number of aromatic nitrogens is 3. The molecule has 2 amide bonds. The third-order valence-electron chi connectivity index (χ3n) is 12.2. The number of β-lactam (4-membered cyclic amide) rings is 1. The van der Waals surface area contributed by atoms with Gasteiger partial charge < -0.3 is 24.4 Å². The number of aryl methyl sites for hydroxylation is 1. The van der Waals surface area contributed by atoms with E-state index >= 15 is 4.79 Å². The van der Waals surface area contributed by atoms with Crippen molar-refractivity contribution < 1.29 is 24.2 Å². The molecule has 1 aromatic heterocycles. The van der Waals surface area contributed by atoms with Crippen molar-refractivity contribution in [1.29, 1.82) is 0 Å². The molecule has 3 aliphatic heterocycles. The first-order chi connectivity index (χ1) is 26.5. The third kappa shape index (κ3) is 6.52. The minimum absolute atomic E-state index is 0.0566. The Labute approximate surface area is 331 Å². The second kappa shape index (κ2) is 14.8. The Kier molecular flexibility index (Phi) is 10.0. The molecule has 3 aliphatic rings. The zero-order chi connectivity index (χ0) is 38.5. The lowest BCUT2D eigenvalue weighted by atomic mass is 9.82. The lowest BCUT2D eigenvalue weighted by Crippen LogP contribution is -2.51. The second-order valence-corrected chi connectivity index (χ2v) is 21.1. The number of carbonyl (C=O) groups excluding carboxylic acids is 2. The van der Waals surface area contributed by atoms with Crippen molar-refractivity contribution in [3.8, 4) is 5.75 Å². The monoisotopic (exact) mass is 819 g/mol. The van der Waals surface area contributed by atoms with Crippen molar-refractivity contribution in [3.63, 3.8) is 0 Å². The van der Waals surface area contributed by atoms with Gasteiger partial charge in [0.15, 0.2) is 5.60 Å². The summed E-state index contributed by atoms with van der Waals surface area (Å²) in [4.78, 5) is 31.0. The number of ether oxygens (including phenoxy) is 2. The number of amides is 2. The fraction of sp³-hybridized carbons (Fsp3) is 0.349. The summed E-state index contributed by atoms with van der Waals surface area (Å²) in [7, 11) is -0.680. The second-order valence-electron chi connectivity index (χ2n) is 15.5. The average Bonchev–Trinajstić information content (AvgIpc) is 3.85. The van der Waals surface area contributed by atoms with Crippen LogP contribution in [0.5, 0.6) is 5.75 Å². The topological polar surface area (TPSA) is 110 Å². The van der Waals surface area contributed by atoms with Crippen LogP contribution < -0.4 is 19.7 Å². The highest BCUT2D eigenvalue weighted by atomic mass is 79.9. The molecule has 5 aromatic rings. The fourth-order valence-corrected chi connectivity index (χ4v) is 13.6. The van der Waals surface area contributed by atoms with Gasteiger partial charge in [0.2, 0.25) is 5.91 Å². The largest absolute Gasteiger partial charge is 0.497 e. The van der Waals surface area contributed by atoms with Gasteiger partial charge in [0, 0.05) is 47.3 Å². The molecule has 284 valence electrons. The predicted molar refractivity (Wildman–Crippen MR) is 218 cm³/mol. The Morgan fingerprint density at radius 1 is 1.02 bits per heavy atom. The van der Waals surface area contributed by atoms with Gasteiger partial charge >= 0.3 is 0 Å². The van der Waals surface area contributed by atoms with E-state index in [0.717, 1.165) is 44.8 Å². The summed E-state index contributed by atoms with van der Waals surface area (Å²) in [6, 6.07) is 32.3. The summed E-state index contributed by atoms with van der Waals surface area (Å²) in [5, 5.41) is 20.5. The maximum Gasteiger partial charge on any atom is 0.264 e. The third-order valence-corrected chi connectivity index (χ3v) is 17.0. The molecule has 0 bridgehead atoms. The maximum absolute atomic E-state index is 15.2. The number of methoxy groups -OCH3 is 1. The molecule has 0 radical (unpaired) electrons. The van der Waals surface area contributed by atoms with Gasteiger partial charge in [-0.1, -0.05) is 101 Å².